The summed E-state index contributed by atoms with van der Waals surface area (Å²) < 4.78 is 0. The minimum absolute atomic E-state index is 0.387. The third kappa shape index (κ3) is 2.65. The second-order valence-electron chi connectivity index (χ2n) is 4.85. The first-order chi connectivity index (χ1) is 9.21. The Bertz CT molecular complexity index is 553. The highest BCUT2D eigenvalue weighted by Crippen LogP contribution is 2.35. The number of rotatable bonds is 4. The average Bonchev–Trinajstić information content (AvgIpc) is 2.47. The lowest BCUT2D eigenvalue weighted by molar-refractivity contribution is 0.476. The van der Waals surface area contributed by atoms with Gasteiger partial charge in [-0.25, -0.2) is 0 Å². The molecular formula is C18H22O. The van der Waals surface area contributed by atoms with Gasteiger partial charge in [-0.3, -0.25) is 0 Å². The van der Waals surface area contributed by atoms with Crippen LogP contribution < -0.4 is 0 Å². The molecule has 2 aromatic rings. The minimum Gasteiger partial charge on any atom is -0.507 e. The molecule has 0 aliphatic heterocycles. The van der Waals surface area contributed by atoms with Gasteiger partial charge < -0.3 is 5.11 Å². The number of hydrogen-bond donors (Lipinski definition) is 1. The molecule has 0 bridgehead atoms. The Morgan fingerprint density at radius 3 is 2.00 bits per heavy atom. The molecule has 0 atom stereocenters. The highest BCUT2D eigenvalue weighted by atomic mass is 16.3. The van der Waals surface area contributed by atoms with Crippen LogP contribution in [0.4, 0.5) is 0 Å². The van der Waals surface area contributed by atoms with Gasteiger partial charge in [0.25, 0.3) is 0 Å². The highest BCUT2D eigenvalue weighted by molar-refractivity contribution is 5.75. The molecule has 0 aliphatic rings. The second kappa shape index (κ2) is 5.92. The lowest BCUT2D eigenvalue weighted by Crippen LogP contribution is -1.96. The van der Waals surface area contributed by atoms with E-state index < -0.39 is 0 Å². The molecule has 0 fully saturated rings. The van der Waals surface area contributed by atoms with E-state index in [2.05, 4.69) is 45.0 Å². The monoisotopic (exact) mass is 254 g/mol. The summed E-state index contributed by atoms with van der Waals surface area (Å²) in [6, 6.07) is 12.4. The first kappa shape index (κ1) is 13.7. The Kier molecular flexibility index (Phi) is 4.26. The molecule has 0 radical (unpaired) electrons. The van der Waals surface area contributed by atoms with Crippen molar-refractivity contribution in [2.75, 3.05) is 0 Å². The normalized spacial score (nSPS) is 10.7. The Hall–Kier alpha value is -1.76. The van der Waals surface area contributed by atoms with E-state index in [1.807, 2.05) is 12.1 Å². The van der Waals surface area contributed by atoms with E-state index in [9.17, 15) is 5.11 Å². The summed E-state index contributed by atoms with van der Waals surface area (Å²) >= 11 is 0. The zero-order valence-corrected chi connectivity index (χ0v) is 12.0. The summed E-state index contributed by atoms with van der Waals surface area (Å²) in [4.78, 5) is 0. The van der Waals surface area contributed by atoms with Gasteiger partial charge >= 0.3 is 0 Å². The van der Waals surface area contributed by atoms with E-state index in [1.165, 1.54) is 16.7 Å². The molecule has 19 heavy (non-hydrogen) atoms. The van der Waals surface area contributed by atoms with Crippen molar-refractivity contribution >= 4 is 0 Å². The average molecular weight is 254 g/mol. The quantitative estimate of drug-likeness (QED) is 0.835. The fourth-order valence-corrected chi connectivity index (χ4v) is 2.64. The van der Waals surface area contributed by atoms with Crippen LogP contribution in [-0.2, 0) is 19.3 Å². The Balaban J connectivity index is 2.58. The van der Waals surface area contributed by atoms with E-state index in [1.54, 1.807) is 0 Å². The van der Waals surface area contributed by atoms with Gasteiger partial charge in [-0.05, 0) is 47.6 Å². The summed E-state index contributed by atoms with van der Waals surface area (Å²) in [6.07, 6.45) is 2.99. The van der Waals surface area contributed by atoms with Crippen molar-refractivity contribution in [2.24, 2.45) is 0 Å². The van der Waals surface area contributed by atoms with Gasteiger partial charge in [0.15, 0.2) is 0 Å². The van der Waals surface area contributed by atoms with Gasteiger partial charge in [-0.15, -0.1) is 0 Å². The fourth-order valence-electron chi connectivity index (χ4n) is 2.64. The SMILES string of the molecule is CCc1ccc(-c2c(O)ccc(CC)c2CC)cc1. The molecule has 0 amide bonds. The van der Waals surface area contributed by atoms with Crippen molar-refractivity contribution in [1.82, 2.24) is 0 Å². The third-order valence-corrected chi connectivity index (χ3v) is 3.77. The molecule has 1 N–H and O–H groups in total. The second-order valence-corrected chi connectivity index (χ2v) is 4.85. The molecule has 0 unspecified atom stereocenters. The van der Waals surface area contributed by atoms with Crippen LogP contribution in [-0.4, -0.2) is 5.11 Å². The maximum atomic E-state index is 10.2. The number of phenolic OH excluding ortho intramolecular Hbond substituents is 1. The van der Waals surface area contributed by atoms with Crippen molar-refractivity contribution < 1.29 is 5.11 Å². The molecule has 0 aromatic heterocycles. The molecule has 2 aromatic carbocycles. The lowest BCUT2D eigenvalue weighted by atomic mass is 9.91. The molecule has 0 aliphatic carbocycles. The van der Waals surface area contributed by atoms with E-state index >= 15 is 0 Å². The minimum atomic E-state index is 0.387. The van der Waals surface area contributed by atoms with Gasteiger partial charge in [-0.1, -0.05) is 51.1 Å². The largest absolute Gasteiger partial charge is 0.507 e. The van der Waals surface area contributed by atoms with Crippen LogP contribution in [0.15, 0.2) is 36.4 Å². The van der Waals surface area contributed by atoms with E-state index in [0.717, 1.165) is 30.4 Å². The number of hydrogen-bond acceptors (Lipinski definition) is 1. The van der Waals surface area contributed by atoms with Crippen molar-refractivity contribution in [2.45, 2.75) is 40.0 Å². The first-order valence-corrected chi connectivity index (χ1v) is 7.14. The summed E-state index contributed by atoms with van der Waals surface area (Å²) in [6.45, 7) is 6.47. The van der Waals surface area contributed by atoms with E-state index in [4.69, 9.17) is 0 Å². The number of phenols is 1. The van der Waals surface area contributed by atoms with Crippen LogP contribution in [0, 0.1) is 0 Å². The lowest BCUT2D eigenvalue weighted by Gasteiger charge is -2.15. The van der Waals surface area contributed by atoms with Crippen molar-refractivity contribution in [3.05, 3.63) is 53.1 Å². The van der Waals surface area contributed by atoms with Crippen LogP contribution in [0.5, 0.6) is 5.75 Å². The molecule has 1 nitrogen and oxygen atoms in total. The maximum absolute atomic E-state index is 10.2. The summed E-state index contributed by atoms with van der Waals surface area (Å²) in [5.41, 5.74) is 6.04. The van der Waals surface area contributed by atoms with E-state index in [0.29, 0.717) is 5.75 Å². The highest BCUT2D eigenvalue weighted by Gasteiger charge is 2.12. The topological polar surface area (TPSA) is 20.2 Å². The molecule has 0 heterocycles. The summed E-state index contributed by atoms with van der Waals surface area (Å²) in [7, 11) is 0. The summed E-state index contributed by atoms with van der Waals surface area (Å²) in [5.74, 6) is 0.387. The van der Waals surface area contributed by atoms with Gasteiger partial charge in [-0.2, -0.15) is 0 Å². The Morgan fingerprint density at radius 1 is 0.789 bits per heavy atom. The van der Waals surface area contributed by atoms with Crippen LogP contribution in [0.25, 0.3) is 11.1 Å². The molecule has 0 saturated heterocycles. The van der Waals surface area contributed by atoms with Crippen molar-refractivity contribution in [3.8, 4) is 16.9 Å². The molecule has 100 valence electrons. The molecule has 0 spiro atoms. The predicted molar refractivity (Wildman–Crippen MR) is 81.7 cm³/mol. The Labute approximate surface area is 115 Å². The smallest absolute Gasteiger partial charge is 0.123 e. The van der Waals surface area contributed by atoms with Gasteiger partial charge in [0, 0.05) is 5.56 Å². The van der Waals surface area contributed by atoms with Gasteiger partial charge in [0.1, 0.15) is 5.75 Å². The summed E-state index contributed by atoms with van der Waals surface area (Å²) in [5, 5.41) is 10.2. The van der Waals surface area contributed by atoms with Gasteiger partial charge in [0.05, 0.1) is 0 Å². The fraction of sp³-hybridized carbons (Fsp3) is 0.333. The zero-order valence-electron chi connectivity index (χ0n) is 12.0. The third-order valence-electron chi connectivity index (χ3n) is 3.77. The van der Waals surface area contributed by atoms with Crippen molar-refractivity contribution in [3.63, 3.8) is 0 Å². The Morgan fingerprint density at radius 2 is 1.47 bits per heavy atom. The predicted octanol–water partition coefficient (Wildman–Crippen LogP) is 4.75. The standard InChI is InChI=1S/C18H22O/c1-4-13-7-9-15(10-8-13)18-16(6-3)14(5-2)11-12-17(18)19/h7-12,19H,4-6H2,1-3H3. The zero-order chi connectivity index (χ0) is 13.8. The molecule has 0 saturated carbocycles. The molecular weight excluding hydrogens is 232 g/mol. The van der Waals surface area contributed by atoms with Crippen LogP contribution in [0.3, 0.4) is 0 Å². The van der Waals surface area contributed by atoms with Crippen molar-refractivity contribution in [1.29, 1.82) is 0 Å². The number of aromatic hydroxyl groups is 1. The molecule has 1 heteroatoms. The first-order valence-electron chi connectivity index (χ1n) is 7.14. The maximum Gasteiger partial charge on any atom is 0.123 e. The van der Waals surface area contributed by atoms with E-state index in [-0.39, 0.29) is 0 Å². The van der Waals surface area contributed by atoms with Crippen LogP contribution >= 0.6 is 0 Å². The number of benzene rings is 2. The van der Waals surface area contributed by atoms with Crippen LogP contribution in [0.2, 0.25) is 0 Å². The molecule has 2 rings (SSSR count). The number of aryl methyl sites for hydroxylation is 2. The van der Waals surface area contributed by atoms with Crippen LogP contribution in [0.1, 0.15) is 37.5 Å². The van der Waals surface area contributed by atoms with Gasteiger partial charge in [0.2, 0.25) is 0 Å².